The van der Waals surface area contributed by atoms with Crippen molar-refractivity contribution in [3.63, 3.8) is 0 Å². The van der Waals surface area contributed by atoms with Crippen LogP contribution in [0.2, 0.25) is 0 Å². The molecule has 33 heavy (non-hydrogen) atoms. The lowest BCUT2D eigenvalue weighted by molar-refractivity contribution is -0.122. The Morgan fingerprint density at radius 3 is 2.48 bits per heavy atom. The van der Waals surface area contributed by atoms with E-state index in [9.17, 15) is 27.6 Å². The average Bonchev–Trinajstić information content (AvgIpc) is 2.69. The molecule has 178 valence electrons. The average molecular weight is 466 g/mol. The van der Waals surface area contributed by atoms with Gasteiger partial charge in [-0.15, -0.1) is 0 Å². The van der Waals surface area contributed by atoms with E-state index in [1.807, 2.05) is 0 Å². The molecule has 1 unspecified atom stereocenters. The van der Waals surface area contributed by atoms with Crippen LogP contribution in [0.3, 0.4) is 0 Å². The van der Waals surface area contributed by atoms with E-state index in [4.69, 9.17) is 4.74 Å². The summed E-state index contributed by atoms with van der Waals surface area (Å²) >= 11 is 0. The Hall–Kier alpha value is -3.63. The summed E-state index contributed by atoms with van der Waals surface area (Å²) in [4.78, 5) is 43.3. The van der Waals surface area contributed by atoms with Gasteiger partial charge in [0.15, 0.2) is 0 Å². The Balaban J connectivity index is 0.000000696. The molecular weight excluding hydrogens is 441 g/mol. The van der Waals surface area contributed by atoms with Gasteiger partial charge in [-0.25, -0.2) is 18.0 Å². The fourth-order valence-corrected chi connectivity index (χ4v) is 2.82. The van der Waals surface area contributed by atoms with Crippen molar-refractivity contribution < 1.29 is 22.7 Å². The molecule has 0 bridgehead atoms. The van der Waals surface area contributed by atoms with Crippen molar-refractivity contribution in [1.82, 2.24) is 19.9 Å². The Labute approximate surface area is 187 Å². The topological polar surface area (TPSA) is 106 Å². The maximum absolute atomic E-state index is 13.8. The number of hydrogen-bond acceptors (Lipinski definition) is 5. The number of aromatic amines is 1. The summed E-state index contributed by atoms with van der Waals surface area (Å²) in [5.41, 5.74) is -2.38. The van der Waals surface area contributed by atoms with Gasteiger partial charge in [0.2, 0.25) is 5.91 Å². The summed E-state index contributed by atoms with van der Waals surface area (Å²) in [6.45, 7) is 5.40. The van der Waals surface area contributed by atoms with Crippen LogP contribution in [0.4, 0.5) is 13.2 Å². The zero-order chi connectivity index (χ0) is 24.9. The van der Waals surface area contributed by atoms with Crippen LogP contribution < -0.4 is 21.3 Å². The van der Waals surface area contributed by atoms with Crippen molar-refractivity contribution in [1.29, 1.82) is 0 Å². The summed E-state index contributed by atoms with van der Waals surface area (Å²) in [7, 11) is 1.38. The Kier molecular flexibility index (Phi) is 8.02. The molecule has 3 rings (SSSR count). The van der Waals surface area contributed by atoms with Crippen LogP contribution >= 0.6 is 0 Å². The first-order valence-corrected chi connectivity index (χ1v) is 9.91. The van der Waals surface area contributed by atoms with E-state index in [2.05, 4.69) is 15.3 Å². The number of amides is 1. The molecule has 0 aliphatic rings. The lowest BCUT2D eigenvalue weighted by atomic mass is 10.2. The molecule has 0 radical (unpaired) electrons. The number of rotatable bonds is 5. The van der Waals surface area contributed by atoms with E-state index in [0.717, 1.165) is 6.20 Å². The summed E-state index contributed by atoms with van der Waals surface area (Å²) < 4.78 is 44.3. The molecule has 11 heteroatoms. The number of ether oxygens (including phenoxy) is 1. The lowest BCUT2D eigenvalue weighted by Crippen LogP contribution is -2.41. The van der Waals surface area contributed by atoms with E-state index in [-0.39, 0.29) is 22.3 Å². The quantitative estimate of drug-likeness (QED) is 0.601. The smallest absolute Gasteiger partial charge is 0.329 e. The Morgan fingerprint density at radius 1 is 1.27 bits per heavy atom. The van der Waals surface area contributed by atoms with Gasteiger partial charge in [0.05, 0.1) is 30.6 Å². The minimum atomic E-state index is -1.00. The third kappa shape index (κ3) is 6.93. The molecule has 2 heterocycles. The summed E-state index contributed by atoms with van der Waals surface area (Å²) in [6, 6.07) is 4.45. The van der Waals surface area contributed by atoms with Gasteiger partial charge in [-0.05, 0) is 39.8 Å². The second-order valence-electron chi connectivity index (χ2n) is 8.08. The van der Waals surface area contributed by atoms with Gasteiger partial charge in [0, 0.05) is 6.07 Å². The first kappa shape index (κ1) is 25.6. The number of pyridine rings is 1. The number of nitrogens with one attached hydrogen (secondary N) is 2. The molecule has 3 aromatic rings. The number of methoxy groups -OCH3 is 1. The van der Waals surface area contributed by atoms with Gasteiger partial charge in [-0.1, -0.05) is 6.07 Å². The van der Waals surface area contributed by atoms with Crippen molar-refractivity contribution >= 4 is 16.8 Å². The highest BCUT2D eigenvalue weighted by Gasteiger charge is 2.18. The largest absolute Gasteiger partial charge is 0.496 e. The van der Waals surface area contributed by atoms with Crippen molar-refractivity contribution in [3.8, 4) is 5.75 Å². The fourth-order valence-electron chi connectivity index (χ4n) is 2.82. The second kappa shape index (κ2) is 10.3. The number of benzene rings is 1. The minimum absolute atomic E-state index is 0.122. The number of aromatic nitrogens is 3. The van der Waals surface area contributed by atoms with E-state index in [1.165, 1.54) is 40.9 Å². The predicted octanol–water partition coefficient (Wildman–Crippen LogP) is 3.00. The van der Waals surface area contributed by atoms with Gasteiger partial charge < -0.3 is 15.0 Å². The highest BCUT2D eigenvalue weighted by molar-refractivity contribution is 5.84. The summed E-state index contributed by atoms with van der Waals surface area (Å²) in [5, 5.41) is 2.55. The molecule has 2 aromatic heterocycles. The molecule has 1 atom stereocenters. The van der Waals surface area contributed by atoms with E-state index in [0.29, 0.717) is 10.6 Å². The SMILES string of the molecule is CC(C)(C)F.COc1cccc2[nH]c(=O)n(CC(=O)NC(C)c3ncc(F)cc3F)c(=O)c12. The van der Waals surface area contributed by atoms with Crippen molar-refractivity contribution in [2.75, 3.05) is 7.11 Å². The first-order chi connectivity index (χ1) is 15.3. The molecule has 1 amide bonds. The van der Waals surface area contributed by atoms with Crippen LogP contribution in [0, 0.1) is 11.6 Å². The normalized spacial score (nSPS) is 12.0. The highest BCUT2D eigenvalue weighted by atomic mass is 19.1. The second-order valence-corrected chi connectivity index (χ2v) is 8.08. The number of halogens is 3. The molecule has 0 saturated heterocycles. The maximum Gasteiger partial charge on any atom is 0.329 e. The van der Waals surface area contributed by atoms with Crippen LogP contribution in [0.5, 0.6) is 5.75 Å². The monoisotopic (exact) mass is 466 g/mol. The van der Waals surface area contributed by atoms with E-state index < -0.39 is 47.0 Å². The van der Waals surface area contributed by atoms with Crippen LogP contribution in [0.15, 0.2) is 40.1 Å². The molecule has 0 aliphatic carbocycles. The molecule has 8 nitrogen and oxygen atoms in total. The lowest BCUT2D eigenvalue weighted by Gasteiger charge is -2.15. The van der Waals surface area contributed by atoms with Crippen LogP contribution in [0.25, 0.3) is 10.9 Å². The summed E-state index contributed by atoms with van der Waals surface area (Å²) in [5.74, 6) is -2.24. The van der Waals surface area contributed by atoms with Gasteiger partial charge in [-0.3, -0.25) is 19.1 Å². The first-order valence-electron chi connectivity index (χ1n) is 9.91. The Bertz CT molecular complexity index is 1260. The molecule has 0 aliphatic heterocycles. The predicted molar refractivity (Wildman–Crippen MR) is 117 cm³/mol. The van der Waals surface area contributed by atoms with Gasteiger partial charge in [-0.2, -0.15) is 0 Å². The number of carbonyl (C=O) groups excluding carboxylic acids is 1. The molecule has 2 N–H and O–H groups in total. The van der Waals surface area contributed by atoms with E-state index in [1.54, 1.807) is 12.1 Å². The standard InChI is InChI=1S/C18H16F2N4O4.C4H9F/c1-9(16-11(20)6-10(19)7-21-16)22-14(25)8-24-17(26)15-12(23-18(24)27)4-3-5-13(15)28-2;1-4(2,3)5/h3-7,9H,8H2,1-2H3,(H,22,25)(H,23,27);1-3H3. The molecular formula is C22H25F3N4O4. The van der Waals surface area contributed by atoms with Gasteiger partial charge in [0.25, 0.3) is 5.56 Å². The number of hydrogen-bond donors (Lipinski definition) is 2. The van der Waals surface area contributed by atoms with E-state index >= 15 is 0 Å². The zero-order valence-electron chi connectivity index (χ0n) is 18.8. The highest BCUT2D eigenvalue weighted by Crippen LogP contribution is 2.19. The molecule has 0 saturated carbocycles. The molecule has 1 aromatic carbocycles. The van der Waals surface area contributed by atoms with Crippen LogP contribution in [-0.2, 0) is 11.3 Å². The number of alkyl halides is 1. The van der Waals surface area contributed by atoms with Gasteiger partial charge >= 0.3 is 5.69 Å². The van der Waals surface area contributed by atoms with Gasteiger partial charge in [0.1, 0.15) is 35.0 Å². The molecule has 0 spiro atoms. The molecule has 0 fully saturated rings. The zero-order valence-corrected chi connectivity index (χ0v) is 18.8. The number of carbonyl (C=O) groups is 1. The minimum Gasteiger partial charge on any atom is -0.496 e. The number of nitrogens with zero attached hydrogens (tertiary/aromatic N) is 2. The summed E-state index contributed by atoms with van der Waals surface area (Å²) in [6.07, 6.45) is 0.825. The third-order valence-electron chi connectivity index (χ3n) is 4.12. The van der Waals surface area contributed by atoms with Crippen molar-refractivity contribution in [2.24, 2.45) is 0 Å². The third-order valence-corrected chi connectivity index (χ3v) is 4.12. The van der Waals surface area contributed by atoms with Crippen molar-refractivity contribution in [2.45, 2.75) is 46.0 Å². The Morgan fingerprint density at radius 2 is 1.91 bits per heavy atom. The van der Waals surface area contributed by atoms with Crippen LogP contribution in [0.1, 0.15) is 39.4 Å². The van der Waals surface area contributed by atoms with Crippen LogP contribution in [-0.4, -0.2) is 33.2 Å². The fraction of sp³-hybridized carbons (Fsp3) is 0.364. The maximum atomic E-state index is 13.8. The van der Waals surface area contributed by atoms with Crippen molar-refractivity contribution in [3.05, 3.63) is 68.6 Å². The number of H-pyrrole nitrogens is 1. The number of fused-ring (bicyclic) bond motifs is 1.